The molecule has 4 aliphatic rings. The Bertz CT molecular complexity index is 1470. The van der Waals surface area contributed by atoms with Crippen molar-refractivity contribution in [2.45, 2.75) is 49.3 Å². The monoisotopic (exact) mass is 547 g/mol. The summed E-state index contributed by atoms with van der Waals surface area (Å²) in [5.41, 5.74) is 13.9. The van der Waals surface area contributed by atoms with E-state index in [0.29, 0.717) is 5.56 Å². The Morgan fingerprint density at radius 3 is 2.60 bits per heavy atom. The van der Waals surface area contributed by atoms with E-state index >= 15 is 0 Å². The zero-order valence-electron chi connectivity index (χ0n) is 21.8. The van der Waals surface area contributed by atoms with Gasteiger partial charge in [-0.05, 0) is 35.7 Å². The Morgan fingerprint density at radius 2 is 1.88 bits per heavy atom. The predicted molar refractivity (Wildman–Crippen MR) is 143 cm³/mol. The summed E-state index contributed by atoms with van der Waals surface area (Å²) >= 11 is 0. The standard InChI is InChI=1S/C27H30N8O5/c1-14-5-2-3-8-17(14)15-6-4-7-16(11-15)23(38)31-19-13-35-25(29)30-18(12-34-20(36)9-10-21(34)37)22-26(35,27(19,39)40)33-24(28)32-22/h2-8,11,18-19,22,39-40H,9-10,12-13H2,1H3,(H2,29,30)(H,31,38)(H3,28,32,33)/p+1/t18-,19?,22-,26?/m0/s1. The van der Waals surface area contributed by atoms with Gasteiger partial charge in [0.1, 0.15) is 12.1 Å². The molecule has 3 amide bonds. The number of hydrogen-bond acceptors (Lipinski definition) is 10. The minimum atomic E-state index is -2.60. The Hall–Kier alpha value is -4.49. The van der Waals surface area contributed by atoms with Gasteiger partial charge in [0.15, 0.2) is 12.0 Å². The van der Waals surface area contributed by atoms with Gasteiger partial charge >= 0.3 is 5.96 Å². The number of nitrogens with one attached hydrogen (secondary N) is 3. The third-order valence-corrected chi connectivity index (χ3v) is 8.29. The number of amides is 3. The van der Waals surface area contributed by atoms with Gasteiger partial charge in [0, 0.05) is 18.4 Å². The molecule has 6 rings (SSSR count). The first kappa shape index (κ1) is 25.8. The van der Waals surface area contributed by atoms with Crippen LogP contribution in [0.5, 0.6) is 0 Å². The Morgan fingerprint density at radius 1 is 1.15 bits per heavy atom. The SMILES string of the molecule is Cc1ccccc1-c1cccc(C(=O)NC2CN3C(N)=N[C@@H](CN4C(=O)CCC4=O)[C@@H]4[NH+]=C(N)NC43C2(O)O)c1. The summed E-state index contributed by atoms with van der Waals surface area (Å²) in [6, 6.07) is 11.9. The summed E-state index contributed by atoms with van der Waals surface area (Å²) in [5, 5.41) is 29.0. The maximum Gasteiger partial charge on any atom is 0.343 e. The molecule has 0 bridgehead atoms. The zero-order valence-corrected chi connectivity index (χ0v) is 21.8. The van der Waals surface area contributed by atoms with Crippen LogP contribution >= 0.6 is 0 Å². The number of likely N-dealkylation sites (tertiary alicyclic amines) is 1. The summed E-state index contributed by atoms with van der Waals surface area (Å²) in [4.78, 5) is 48.0. The van der Waals surface area contributed by atoms with Crippen molar-refractivity contribution in [3.8, 4) is 11.1 Å². The van der Waals surface area contributed by atoms with Crippen LogP contribution < -0.4 is 27.1 Å². The molecular formula is C27H31N8O5+. The second-order valence-electron chi connectivity index (χ2n) is 10.6. The zero-order chi connectivity index (χ0) is 28.4. The molecule has 2 fully saturated rings. The topological polar surface area (TPSA) is 201 Å². The second-order valence-corrected chi connectivity index (χ2v) is 10.6. The number of rotatable bonds is 5. The third-order valence-electron chi connectivity index (χ3n) is 8.29. The van der Waals surface area contributed by atoms with E-state index in [2.05, 4.69) is 20.6 Å². The number of nitrogens with zero attached hydrogens (tertiary/aromatic N) is 3. The van der Waals surface area contributed by atoms with Crippen LogP contribution in [0.2, 0.25) is 0 Å². The van der Waals surface area contributed by atoms with Crippen LogP contribution in [0.15, 0.2) is 53.5 Å². The Balaban J connectivity index is 1.29. The van der Waals surface area contributed by atoms with E-state index in [4.69, 9.17) is 11.5 Å². The van der Waals surface area contributed by atoms with Crippen molar-refractivity contribution in [3.05, 3.63) is 59.7 Å². The number of carbonyl (C=O) groups excluding carboxylic acids is 3. The van der Waals surface area contributed by atoms with Crippen LogP contribution in [0, 0.1) is 6.92 Å². The van der Waals surface area contributed by atoms with Crippen LogP contribution in [0.25, 0.3) is 11.1 Å². The van der Waals surface area contributed by atoms with Crippen molar-refractivity contribution < 1.29 is 29.6 Å². The Labute approximate surface area is 229 Å². The molecule has 0 saturated carbocycles. The largest absolute Gasteiger partial charge is 0.370 e. The van der Waals surface area contributed by atoms with Gasteiger partial charge in [0.2, 0.25) is 17.6 Å². The molecule has 4 atom stereocenters. The van der Waals surface area contributed by atoms with E-state index < -0.39 is 35.5 Å². The summed E-state index contributed by atoms with van der Waals surface area (Å²) in [7, 11) is 0. The van der Waals surface area contributed by atoms with Crippen LogP contribution in [0.3, 0.4) is 0 Å². The molecule has 13 nitrogen and oxygen atoms in total. The van der Waals surface area contributed by atoms with E-state index in [-0.39, 0.29) is 49.7 Å². The summed E-state index contributed by atoms with van der Waals surface area (Å²) in [6.07, 6.45) is 0.214. The lowest BCUT2D eigenvalue weighted by atomic mass is 9.84. The molecule has 0 radical (unpaired) electrons. The van der Waals surface area contributed by atoms with Crippen LogP contribution in [-0.4, -0.2) is 92.3 Å². The van der Waals surface area contributed by atoms with E-state index in [0.717, 1.165) is 21.6 Å². The minimum Gasteiger partial charge on any atom is -0.370 e. The molecule has 208 valence electrons. The number of aryl methyl sites for hydroxylation is 1. The first-order chi connectivity index (χ1) is 19.0. The number of hydrogen-bond donors (Lipinski definition) is 7. The smallest absolute Gasteiger partial charge is 0.343 e. The fourth-order valence-corrected chi connectivity index (χ4v) is 6.30. The van der Waals surface area contributed by atoms with Gasteiger partial charge in [-0.25, -0.2) is 10.3 Å². The molecule has 4 heterocycles. The molecular weight excluding hydrogens is 516 g/mol. The number of aliphatic hydroxyl groups is 2. The molecule has 0 aliphatic carbocycles. The van der Waals surface area contributed by atoms with E-state index in [1.165, 1.54) is 4.90 Å². The number of nitrogens with two attached hydrogens (primary N) is 2. The van der Waals surface area contributed by atoms with Crippen LogP contribution in [-0.2, 0) is 9.59 Å². The fraction of sp³-hybridized carbons (Fsp3) is 0.370. The van der Waals surface area contributed by atoms with Crippen LogP contribution in [0.4, 0.5) is 0 Å². The number of aliphatic imine (C=N–C) groups is 1. The lowest BCUT2D eigenvalue weighted by molar-refractivity contribution is -0.521. The van der Waals surface area contributed by atoms with Gasteiger partial charge in [0.25, 0.3) is 11.6 Å². The number of imide groups is 1. The van der Waals surface area contributed by atoms with E-state index in [1.807, 2.05) is 37.3 Å². The van der Waals surface area contributed by atoms with Gasteiger partial charge < -0.3 is 21.3 Å². The maximum atomic E-state index is 13.4. The predicted octanol–water partition coefficient (Wildman–Crippen LogP) is -3.33. The van der Waals surface area contributed by atoms with Crippen molar-refractivity contribution in [3.63, 3.8) is 0 Å². The van der Waals surface area contributed by atoms with Crippen molar-refractivity contribution in [2.75, 3.05) is 13.1 Å². The number of benzene rings is 2. The molecule has 2 aromatic carbocycles. The third kappa shape index (κ3) is 3.72. The van der Waals surface area contributed by atoms with E-state index in [1.54, 1.807) is 18.2 Å². The molecule has 0 aromatic heterocycles. The first-order valence-corrected chi connectivity index (χ1v) is 13.1. The molecule has 2 unspecified atom stereocenters. The first-order valence-electron chi connectivity index (χ1n) is 13.1. The van der Waals surface area contributed by atoms with Gasteiger partial charge in [-0.3, -0.25) is 34.9 Å². The fourth-order valence-electron chi connectivity index (χ4n) is 6.30. The highest BCUT2D eigenvalue weighted by atomic mass is 16.5. The van der Waals surface area contributed by atoms with Gasteiger partial charge in [0.05, 0.1) is 13.1 Å². The quantitative estimate of drug-likeness (QED) is 0.148. The lowest BCUT2D eigenvalue weighted by Crippen LogP contribution is -2.90. The van der Waals surface area contributed by atoms with Crippen molar-refractivity contribution in [2.24, 2.45) is 16.5 Å². The molecule has 4 aliphatic heterocycles. The summed E-state index contributed by atoms with van der Waals surface area (Å²) in [5.74, 6) is -3.79. The molecule has 13 heteroatoms. The highest BCUT2D eigenvalue weighted by Crippen LogP contribution is 2.41. The normalized spacial score (nSPS) is 28.5. The molecule has 9 N–H and O–H groups in total. The molecule has 2 aromatic rings. The average molecular weight is 548 g/mol. The van der Waals surface area contributed by atoms with Gasteiger partial charge in [-0.1, -0.05) is 36.4 Å². The van der Waals surface area contributed by atoms with Crippen molar-refractivity contribution in [1.29, 1.82) is 0 Å². The van der Waals surface area contributed by atoms with Crippen molar-refractivity contribution >= 4 is 29.6 Å². The highest BCUT2D eigenvalue weighted by Gasteiger charge is 2.76. The van der Waals surface area contributed by atoms with Crippen molar-refractivity contribution in [1.82, 2.24) is 20.4 Å². The average Bonchev–Trinajstić information content (AvgIpc) is 3.52. The minimum absolute atomic E-state index is 0.0364. The number of guanidine groups is 2. The van der Waals surface area contributed by atoms with Crippen LogP contribution in [0.1, 0.15) is 28.8 Å². The molecule has 2 saturated heterocycles. The summed E-state index contributed by atoms with van der Waals surface area (Å²) in [6.45, 7) is 1.77. The summed E-state index contributed by atoms with van der Waals surface area (Å²) < 4.78 is 0. The second kappa shape index (κ2) is 9.03. The number of carbonyl (C=O) groups is 3. The molecule has 1 spiro atoms. The Kier molecular flexibility index (Phi) is 5.82. The maximum absolute atomic E-state index is 13.4. The molecule has 40 heavy (non-hydrogen) atoms. The van der Waals surface area contributed by atoms with Gasteiger partial charge in [-0.2, -0.15) is 0 Å². The lowest BCUT2D eigenvalue weighted by Gasteiger charge is -2.46. The highest BCUT2D eigenvalue weighted by molar-refractivity contribution is 6.02. The van der Waals surface area contributed by atoms with Gasteiger partial charge in [-0.15, -0.1) is 0 Å². The van der Waals surface area contributed by atoms with E-state index in [9.17, 15) is 24.6 Å².